The molecule has 6 unspecified atom stereocenters. The second-order valence-corrected chi connectivity index (χ2v) is 5.86. The zero-order chi connectivity index (χ0) is 18.1. The summed E-state index contributed by atoms with van der Waals surface area (Å²) in [5, 5.41) is 38.9. The van der Waals surface area contributed by atoms with Gasteiger partial charge < -0.3 is 39.4 Å². The average Bonchev–Trinajstić information content (AvgIpc) is 2.62. The van der Waals surface area contributed by atoms with E-state index in [0.717, 1.165) is 0 Å². The maximum absolute atomic E-state index is 11.8. The summed E-state index contributed by atoms with van der Waals surface area (Å²) in [5.41, 5.74) is 1.41. The van der Waals surface area contributed by atoms with Crippen molar-refractivity contribution < 1.29 is 44.2 Å². The molecule has 2 fully saturated rings. The summed E-state index contributed by atoms with van der Waals surface area (Å²) in [5.74, 6) is -0.508. The van der Waals surface area contributed by atoms with E-state index in [0.29, 0.717) is 17.6 Å². The van der Waals surface area contributed by atoms with E-state index in [4.69, 9.17) is 18.9 Å². The Morgan fingerprint density at radius 3 is 2.72 bits per heavy atom. The Balaban J connectivity index is 1.80. The fraction of sp³-hybridized carbons (Fsp3) is 0.562. The molecule has 3 rings (SSSR count). The summed E-state index contributed by atoms with van der Waals surface area (Å²) < 4.78 is 21.2. The van der Waals surface area contributed by atoms with Crippen LogP contribution in [0.3, 0.4) is 0 Å². The molecule has 3 heterocycles. The van der Waals surface area contributed by atoms with Gasteiger partial charge in [-0.2, -0.15) is 0 Å². The molecule has 25 heavy (non-hydrogen) atoms. The molecule has 3 aliphatic heterocycles. The Bertz CT molecular complexity index is 609. The summed E-state index contributed by atoms with van der Waals surface area (Å²) in [6, 6.07) is 0. The molecule has 0 saturated carbocycles. The van der Waals surface area contributed by atoms with Gasteiger partial charge in [0.2, 0.25) is 6.29 Å². The smallest absolute Gasteiger partial charge is 0.341 e. The van der Waals surface area contributed by atoms with E-state index in [1.807, 2.05) is 0 Å². The molecule has 0 bridgehead atoms. The van der Waals surface area contributed by atoms with Crippen molar-refractivity contribution >= 4 is 5.97 Å². The highest BCUT2D eigenvalue weighted by atomic mass is 16.8. The van der Waals surface area contributed by atoms with Gasteiger partial charge in [0, 0.05) is 12.0 Å². The van der Waals surface area contributed by atoms with Crippen LogP contribution in [0.25, 0.3) is 0 Å². The lowest BCUT2D eigenvalue weighted by Crippen LogP contribution is -2.59. The van der Waals surface area contributed by atoms with Gasteiger partial charge in [-0.15, -0.1) is 0 Å². The minimum atomic E-state index is -1.56. The molecule has 4 N–H and O–H groups in total. The number of hydrogen-bond donors (Lipinski definition) is 4. The first-order chi connectivity index (χ1) is 12.0. The van der Waals surface area contributed by atoms with Gasteiger partial charge in [0.05, 0.1) is 18.8 Å². The third-order valence-corrected chi connectivity index (χ3v) is 4.37. The monoisotopic (exact) mass is 356 g/mol. The van der Waals surface area contributed by atoms with Crippen LogP contribution in [-0.4, -0.2) is 76.6 Å². The molecule has 138 valence electrons. The second kappa shape index (κ2) is 7.24. The largest absolute Gasteiger partial charge is 0.467 e. The number of aliphatic hydroxyl groups excluding tert-OH is 4. The molecule has 0 spiro atoms. The van der Waals surface area contributed by atoms with Crippen LogP contribution in [0, 0.1) is 0 Å². The summed E-state index contributed by atoms with van der Waals surface area (Å²) in [4.78, 5) is 11.8. The lowest BCUT2D eigenvalue weighted by Gasteiger charge is -2.41. The van der Waals surface area contributed by atoms with Gasteiger partial charge >= 0.3 is 5.97 Å². The van der Waals surface area contributed by atoms with E-state index in [-0.39, 0.29) is 12.2 Å². The Morgan fingerprint density at radius 1 is 1.28 bits per heavy atom. The Morgan fingerprint density at radius 2 is 2.04 bits per heavy atom. The van der Waals surface area contributed by atoms with Crippen molar-refractivity contribution in [2.45, 2.75) is 43.4 Å². The molecule has 9 nitrogen and oxygen atoms in total. The lowest BCUT2D eigenvalue weighted by atomic mass is 9.94. The zero-order valence-electron chi connectivity index (χ0n) is 13.3. The summed E-state index contributed by atoms with van der Waals surface area (Å²) in [6.45, 7) is 3.34. The SMILES string of the molecule is C=CC1=C2CCOC(=O)C2=COC1OC1OC(CO)C(O)C(O)C1O. The van der Waals surface area contributed by atoms with Gasteiger partial charge in [-0.1, -0.05) is 12.7 Å². The number of carbonyl (C=O) groups is 1. The molecule has 6 atom stereocenters. The number of hydrogen-bond acceptors (Lipinski definition) is 9. The van der Waals surface area contributed by atoms with E-state index in [2.05, 4.69) is 6.58 Å². The third kappa shape index (κ3) is 3.22. The van der Waals surface area contributed by atoms with Gasteiger partial charge in [0.1, 0.15) is 30.7 Å². The highest BCUT2D eigenvalue weighted by molar-refractivity contribution is 5.94. The minimum absolute atomic E-state index is 0.218. The van der Waals surface area contributed by atoms with Crippen LogP contribution in [0.15, 0.2) is 35.6 Å². The molecule has 0 aromatic carbocycles. The Hall–Kier alpha value is -1.75. The molecular formula is C16H20O9. The van der Waals surface area contributed by atoms with E-state index in [1.54, 1.807) is 0 Å². The molecule has 0 amide bonds. The van der Waals surface area contributed by atoms with Gasteiger partial charge in [-0.3, -0.25) is 0 Å². The van der Waals surface area contributed by atoms with E-state index < -0.39 is 49.6 Å². The first kappa shape index (κ1) is 18.1. The topological polar surface area (TPSA) is 135 Å². The second-order valence-electron chi connectivity index (χ2n) is 5.86. The van der Waals surface area contributed by atoms with Crippen molar-refractivity contribution in [2.75, 3.05) is 13.2 Å². The molecule has 3 aliphatic rings. The van der Waals surface area contributed by atoms with Crippen molar-refractivity contribution in [1.82, 2.24) is 0 Å². The number of fused-ring (bicyclic) bond motifs is 1. The predicted molar refractivity (Wildman–Crippen MR) is 80.6 cm³/mol. The van der Waals surface area contributed by atoms with Crippen LogP contribution < -0.4 is 0 Å². The van der Waals surface area contributed by atoms with Gasteiger partial charge in [-0.25, -0.2) is 4.79 Å². The minimum Gasteiger partial charge on any atom is -0.467 e. The quantitative estimate of drug-likeness (QED) is 0.443. The number of esters is 1. The number of cyclic esters (lactones) is 1. The molecule has 0 radical (unpaired) electrons. The highest BCUT2D eigenvalue weighted by Gasteiger charge is 2.46. The third-order valence-electron chi connectivity index (χ3n) is 4.37. The van der Waals surface area contributed by atoms with Gasteiger partial charge in [0.25, 0.3) is 0 Å². The van der Waals surface area contributed by atoms with Crippen molar-refractivity contribution in [3.63, 3.8) is 0 Å². The highest BCUT2D eigenvalue weighted by Crippen LogP contribution is 2.34. The van der Waals surface area contributed by atoms with Crippen LogP contribution in [0.4, 0.5) is 0 Å². The zero-order valence-corrected chi connectivity index (χ0v) is 13.3. The van der Waals surface area contributed by atoms with Crippen molar-refractivity contribution in [2.24, 2.45) is 0 Å². The van der Waals surface area contributed by atoms with Gasteiger partial charge in [-0.05, 0) is 5.57 Å². The van der Waals surface area contributed by atoms with E-state index >= 15 is 0 Å². The summed E-state index contributed by atoms with van der Waals surface area (Å²) >= 11 is 0. The molecular weight excluding hydrogens is 336 g/mol. The fourth-order valence-corrected chi connectivity index (χ4v) is 2.97. The Kier molecular flexibility index (Phi) is 5.23. The van der Waals surface area contributed by atoms with Gasteiger partial charge in [0.15, 0.2) is 6.29 Å². The van der Waals surface area contributed by atoms with Crippen LogP contribution in [-0.2, 0) is 23.7 Å². The number of rotatable bonds is 4. The molecule has 2 saturated heterocycles. The number of carbonyl (C=O) groups excluding carboxylic acids is 1. The van der Waals surface area contributed by atoms with E-state index in [9.17, 15) is 25.2 Å². The van der Waals surface area contributed by atoms with Crippen LogP contribution in [0.5, 0.6) is 0 Å². The maximum Gasteiger partial charge on any atom is 0.341 e. The normalized spacial score (nSPS) is 38.4. The maximum atomic E-state index is 11.8. The van der Waals surface area contributed by atoms with Crippen molar-refractivity contribution in [3.8, 4) is 0 Å². The van der Waals surface area contributed by atoms with Crippen LogP contribution in [0.1, 0.15) is 6.42 Å². The number of ether oxygens (including phenoxy) is 4. The molecule has 0 aromatic heterocycles. The first-order valence-corrected chi connectivity index (χ1v) is 7.82. The Labute approximate surface area is 143 Å². The number of aliphatic hydroxyl groups is 4. The van der Waals surface area contributed by atoms with Crippen molar-refractivity contribution in [1.29, 1.82) is 0 Å². The lowest BCUT2D eigenvalue weighted by molar-refractivity contribution is -0.326. The molecule has 9 heteroatoms. The van der Waals surface area contributed by atoms with Crippen molar-refractivity contribution in [3.05, 3.63) is 35.6 Å². The first-order valence-electron chi connectivity index (χ1n) is 7.82. The molecule has 0 aliphatic carbocycles. The average molecular weight is 356 g/mol. The van der Waals surface area contributed by atoms with Crippen LogP contribution >= 0.6 is 0 Å². The van der Waals surface area contributed by atoms with E-state index in [1.165, 1.54) is 12.3 Å². The fourth-order valence-electron chi connectivity index (χ4n) is 2.97. The predicted octanol–water partition coefficient (Wildman–Crippen LogP) is -1.53. The van der Waals surface area contributed by atoms with Crippen LogP contribution in [0.2, 0.25) is 0 Å². The molecule has 0 aromatic rings. The standard InChI is InChI=1S/C16H20O9/c1-2-7-8-3-4-22-14(21)9(8)6-23-15(7)25-16-13(20)12(19)11(18)10(5-17)24-16/h2,6,10-13,15-20H,1,3-5H2. The summed E-state index contributed by atoms with van der Waals surface area (Å²) in [6.07, 6.45) is -4.96. The summed E-state index contributed by atoms with van der Waals surface area (Å²) in [7, 11) is 0.